The molecule has 1 aliphatic heterocycles. The lowest BCUT2D eigenvalue weighted by Crippen LogP contribution is -2.43. The van der Waals surface area contributed by atoms with Gasteiger partial charge in [0, 0.05) is 37.7 Å². The molecule has 3 heterocycles. The first-order chi connectivity index (χ1) is 16.8. The minimum absolute atomic E-state index is 0.271. The SMILES string of the molecule is CN(C)[C@@H](O)CN(CCCCc1ccc2c(n1)NCCC2)CC[C@H](Nc1ncc(Br)cn1)C(=O)O. The highest BCUT2D eigenvalue weighted by Crippen LogP contribution is 2.20. The van der Waals surface area contributed by atoms with Crippen molar-refractivity contribution in [2.75, 3.05) is 50.9 Å². The summed E-state index contributed by atoms with van der Waals surface area (Å²) in [6, 6.07) is 3.46. The number of aliphatic carboxylic acids is 1. The number of aliphatic hydroxyl groups is 1. The van der Waals surface area contributed by atoms with E-state index in [0.29, 0.717) is 19.5 Å². The minimum Gasteiger partial charge on any atom is -0.480 e. The fourth-order valence-electron chi connectivity index (χ4n) is 3.95. The van der Waals surface area contributed by atoms with Crippen LogP contribution in [0.5, 0.6) is 0 Å². The van der Waals surface area contributed by atoms with Gasteiger partial charge in [-0.15, -0.1) is 0 Å². The summed E-state index contributed by atoms with van der Waals surface area (Å²) < 4.78 is 0.723. The van der Waals surface area contributed by atoms with E-state index in [0.717, 1.165) is 61.2 Å². The van der Waals surface area contributed by atoms with Gasteiger partial charge in [-0.3, -0.25) is 9.80 Å². The van der Waals surface area contributed by atoms with Crippen LogP contribution in [0.2, 0.25) is 0 Å². The maximum Gasteiger partial charge on any atom is 0.326 e. The molecule has 0 fully saturated rings. The number of rotatable bonds is 14. The van der Waals surface area contributed by atoms with E-state index in [1.54, 1.807) is 17.3 Å². The third-order valence-corrected chi connectivity index (χ3v) is 6.49. The third-order valence-electron chi connectivity index (χ3n) is 6.08. The Morgan fingerprint density at radius 1 is 1.23 bits per heavy atom. The quantitative estimate of drug-likeness (QED) is 0.206. The van der Waals surface area contributed by atoms with E-state index in [2.05, 4.69) is 53.6 Å². The molecule has 0 spiro atoms. The molecular formula is C24H36BrN7O3. The molecule has 0 saturated carbocycles. The molecule has 2 aromatic heterocycles. The van der Waals surface area contributed by atoms with E-state index >= 15 is 0 Å². The lowest BCUT2D eigenvalue weighted by atomic mass is 10.1. The zero-order valence-corrected chi connectivity index (χ0v) is 22.0. The Labute approximate surface area is 215 Å². The normalized spacial score (nSPS) is 14.9. The number of hydrogen-bond acceptors (Lipinski definition) is 9. The number of carboxylic acid groups (broad SMARTS) is 1. The van der Waals surface area contributed by atoms with Crippen molar-refractivity contribution < 1.29 is 15.0 Å². The predicted molar refractivity (Wildman–Crippen MR) is 140 cm³/mol. The van der Waals surface area contributed by atoms with Crippen molar-refractivity contribution in [2.24, 2.45) is 0 Å². The Kier molecular flexibility index (Phi) is 10.6. The van der Waals surface area contributed by atoms with Crippen molar-refractivity contribution in [3.63, 3.8) is 0 Å². The monoisotopic (exact) mass is 549 g/mol. The maximum absolute atomic E-state index is 11.8. The second kappa shape index (κ2) is 13.7. The average Bonchev–Trinajstić information content (AvgIpc) is 2.84. The highest BCUT2D eigenvalue weighted by Gasteiger charge is 2.21. The molecule has 35 heavy (non-hydrogen) atoms. The molecule has 1 aliphatic rings. The number of aliphatic hydroxyl groups excluding tert-OH is 1. The summed E-state index contributed by atoms with van der Waals surface area (Å²) in [6.07, 6.45) is 7.88. The van der Waals surface area contributed by atoms with E-state index in [4.69, 9.17) is 4.98 Å². The molecule has 2 atom stereocenters. The smallest absolute Gasteiger partial charge is 0.326 e. The summed E-state index contributed by atoms with van der Waals surface area (Å²) >= 11 is 3.28. The minimum atomic E-state index is -0.961. The maximum atomic E-state index is 11.8. The molecular weight excluding hydrogens is 514 g/mol. The zero-order valence-electron chi connectivity index (χ0n) is 20.5. The number of nitrogens with zero attached hydrogens (tertiary/aromatic N) is 5. The number of aryl methyl sites for hydroxylation is 2. The van der Waals surface area contributed by atoms with Gasteiger partial charge in [-0.1, -0.05) is 6.07 Å². The van der Waals surface area contributed by atoms with Crippen LogP contribution >= 0.6 is 15.9 Å². The summed E-state index contributed by atoms with van der Waals surface area (Å²) in [7, 11) is 3.65. The molecule has 0 amide bonds. The Hall–Kier alpha value is -2.34. The number of anilines is 2. The lowest BCUT2D eigenvalue weighted by Gasteiger charge is -2.29. The van der Waals surface area contributed by atoms with Gasteiger partial charge in [-0.2, -0.15) is 0 Å². The molecule has 0 saturated heterocycles. The highest BCUT2D eigenvalue weighted by atomic mass is 79.9. The van der Waals surface area contributed by atoms with Gasteiger partial charge in [0.2, 0.25) is 5.95 Å². The molecule has 4 N–H and O–H groups in total. The van der Waals surface area contributed by atoms with Crippen LogP contribution in [0.1, 0.15) is 36.9 Å². The molecule has 0 aromatic carbocycles. The number of fused-ring (bicyclic) bond motifs is 1. The van der Waals surface area contributed by atoms with Crippen LogP contribution in [0.25, 0.3) is 0 Å². The molecule has 10 nitrogen and oxygen atoms in total. The molecule has 11 heteroatoms. The summed E-state index contributed by atoms with van der Waals surface area (Å²) in [5.41, 5.74) is 2.38. The first-order valence-electron chi connectivity index (χ1n) is 12.1. The number of carboxylic acids is 1. The molecule has 2 aromatic rings. The van der Waals surface area contributed by atoms with Crippen molar-refractivity contribution >= 4 is 33.7 Å². The number of aromatic nitrogens is 3. The Balaban J connectivity index is 1.52. The second-order valence-electron chi connectivity index (χ2n) is 9.09. The molecule has 0 radical (unpaired) electrons. The Bertz CT molecular complexity index is 945. The molecule has 0 bridgehead atoms. The van der Waals surface area contributed by atoms with Crippen LogP contribution in [0, 0.1) is 0 Å². The van der Waals surface area contributed by atoms with Gasteiger partial charge in [0.25, 0.3) is 0 Å². The zero-order chi connectivity index (χ0) is 25.2. The van der Waals surface area contributed by atoms with Gasteiger partial charge < -0.3 is 20.8 Å². The topological polar surface area (TPSA) is 127 Å². The molecule has 0 aliphatic carbocycles. The van der Waals surface area contributed by atoms with Gasteiger partial charge in [-0.25, -0.2) is 19.7 Å². The molecule has 192 valence electrons. The number of pyridine rings is 1. The Morgan fingerprint density at radius 2 is 2.00 bits per heavy atom. The molecule has 0 unspecified atom stereocenters. The first-order valence-corrected chi connectivity index (χ1v) is 12.9. The summed E-state index contributed by atoms with van der Waals surface area (Å²) in [5.74, 6) is 0.329. The van der Waals surface area contributed by atoms with E-state index < -0.39 is 18.2 Å². The van der Waals surface area contributed by atoms with Crippen LogP contribution < -0.4 is 10.6 Å². The standard InChI is InChI=1S/C24H36BrN7O3/c1-31(2)21(33)16-32(13-10-20(23(34)35)30-24-27-14-18(25)15-28-24)12-4-3-7-19-9-8-17-6-5-11-26-22(17)29-19/h8-9,14-15,20-21,33H,3-7,10-13,16H2,1-2H3,(H,26,29)(H,34,35)(H,27,28,30)/t20-,21-/m0/s1. The van der Waals surface area contributed by atoms with Crippen LogP contribution in [0.15, 0.2) is 29.0 Å². The number of unbranched alkanes of at least 4 members (excludes halogenated alkanes) is 1. The van der Waals surface area contributed by atoms with E-state index in [1.807, 2.05) is 14.1 Å². The van der Waals surface area contributed by atoms with Crippen molar-refractivity contribution in [1.29, 1.82) is 0 Å². The summed E-state index contributed by atoms with van der Waals surface area (Å²) in [5, 5.41) is 26.3. The van der Waals surface area contributed by atoms with Crippen molar-refractivity contribution in [2.45, 2.75) is 50.8 Å². The fourth-order valence-corrected chi connectivity index (χ4v) is 4.15. The number of likely N-dealkylation sites (N-methyl/N-ethyl adjacent to an activating group) is 1. The number of hydrogen-bond donors (Lipinski definition) is 4. The van der Waals surface area contributed by atoms with Crippen LogP contribution in [-0.2, 0) is 17.6 Å². The fraction of sp³-hybridized carbons (Fsp3) is 0.583. The number of carbonyl (C=O) groups is 1. The first kappa shape index (κ1) is 27.3. The second-order valence-corrected chi connectivity index (χ2v) is 10.0. The average molecular weight is 551 g/mol. The van der Waals surface area contributed by atoms with Crippen LogP contribution in [-0.4, -0.2) is 93.5 Å². The summed E-state index contributed by atoms with van der Waals surface area (Å²) in [6.45, 7) is 2.70. The van der Waals surface area contributed by atoms with Crippen molar-refractivity contribution in [3.05, 3.63) is 40.3 Å². The van der Waals surface area contributed by atoms with E-state index in [9.17, 15) is 15.0 Å². The van der Waals surface area contributed by atoms with Crippen LogP contribution in [0.4, 0.5) is 11.8 Å². The van der Waals surface area contributed by atoms with Crippen molar-refractivity contribution in [3.8, 4) is 0 Å². The van der Waals surface area contributed by atoms with Crippen LogP contribution in [0.3, 0.4) is 0 Å². The molecule has 3 rings (SSSR count). The van der Waals surface area contributed by atoms with Gasteiger partial charge in [0.05, 0.1) is 4.47 Å². The number of nitrogens with one attached hydrogen (secondary N) is 2. The van der Waals surface area contributed by atoms with Gasteiger partial charge >= 0.3 is 5.97 Å². The number of halogens is 1. The summed E-state index contributed by atoms with van der Waals surface area (Å²) in [4.78, 5) is 28.7. The Morgan fingerprint density at radius 3 is 2.71 bits per heavy atom. The van der Waals surface area contributed by atoms with Crippen molar-refractivity contribution in [1.82, 2.24) is 24.8 Å². The third kappa shape index (κ3) is 8.99. The van der Waals surface area contributed by atoms with Gasteiger partial charge in [-0.05, 0) is 86.7 Å². The lowest BCUT2D eigenvalue weighted by molar-refractivity contribution is -0.138. The van der Waals surface area contributed by atoms with E-state index in [-0.39, 0.29) is 5.95 Å². The van der Waals surface area contributed by atoms with Gasteiger partial charge in [0.1, 0.15) is 18.1 Å². The largest absolute Gasteiger partial charge is 0.480 e. The predicted octanol–water partition coefficient (Wildman–Crippen LogP) is 2.45. The van der Waals surface area contributed by atoms with Gasteiger partial charge in [0.15, 0.2) is 0 Å². The highest BCUT2D eigenvalue weighted by molar-refractivity contribution is 9.10. The van der Waals surface area contributed by atoms with E-state index in [1.165, 1.54) is 5.56 Å².